The molecule has 4 nitrogen and oxygen atoms in total. The van der Waals surface area contributed by atoms with Crippen LogP contribution >= 0.6 is 0 Å². The highest BCUT2D eigenvalue weighted by molar-refractivity contribution is 5.87. The van der Waals surface area contributed by atoms with Crippen LogP contribution in [0, 0.1) is 23.2 Å². The Bertz CT molecular complexity index is 511. The Morgan fingerprint density at radius 3 is 2.46 bits per heavy atom. The third kappa shape index (κ3) is 3.12. The Kier molecular flexibility index (Phi) is 4.76. The van der Waals surface area contributed by atoms with E-state index >= 15 is 0 Å². The molecule has 0 aliphatic heterocycles. The average molecular weight is 333 g/mol. The molecule has 4 bridgehead atoms. The molecule has 0 heterocycles. The smallest absolute Gasteiger partial charge is 0.308 e. The van der Waals surface area contributed by atoms with Gasteiger partial charge in [0.05, 0.1) is 6.42 Å². The van der Waals surface area contributed by atoms with Crippen molar-refractivity contribution in [3.8, 4) is 0 Å². The quantitative estimate of drug-likeness (QED) is 0.572. The molecule has 0 aromatic heterocycles. The topological polar surface area (TPSA) is 55.4 Å². The summed E-state index contributed by atoms with van der Waals surface area (Å²) in [5, 5.41) is 2.66. The SMILES string of the molecule is C=CC(=O)NCCC(=O)OC1(CCC)C2CC3CC1CC(C)(C3)C2. The number of hydrogen-bond acceptors (Lipinski definition) is 3. The zero-order chi connectivity index (χ0) is 17.4. The van der Waals surface area contributed by atoms with E-state index < -0.39 is 0 Å². The maximum atomic E-state index is 12.5. The van der Waals surface area contributed by atoms with E-state index in [1.807, 2.05) is 0 Å². The van der Waals surface area contributed by atoms with E-state index in [1.165, 1.54) is 38.2 Å². The molecule has 0 radical (unpaired) electrons. The molecule has 4 heteroatoms. The minimum absolute atomic E-state index is 0.162. The van der Waals surface area contributed by atoms with Crippen LogP contribution in [-0.4, -0.2) is 24.0 Å². The third-order valence-electron chi connectivity index (χ3n) is 6.64. The summed E-state index contributed by atoms with van der Waals surface area (Å²) in [4.78, 5) is 23.7. The molecule has 2 atom stereocenters. The van der Waals surface area contributed by atoms with Crippen molar-refractivity contribution in [3.63, 3.8) is 0 Å². The lowest BCUT2D eigenvalue weighted by molar-refractivity contribution is -0.225. The molecule has 134 valence electrons. The van der Waals surface area contributed by atoms with Gasteiger partial charge in [0, 0.05) is 6.54 Å². The highest BCUT2D eigenvalue weighted by Crippen LogP contribution is 2.65. The maximum Gasteiger partial charge on any atom is 0.308 e. The molecule has 4 saturated carbocycles. The number of carbonyl (C=O) groups is 2. The zero-order valence-electron chi connectivity index (χ0n) is 15.1. The summed E-state index contributed by atoms with van der Waals surface area (Å²) >= 11 is 0. The Morgan fingerprint density at radius 2 is 1.92 bits per heavy atom. The first kappa shape index (κ1) is 17.5. The fraction of sp³-hybridized carbons (Fsp3) is 0.800. The van der Waals surface area contributed by atoms with Gasteiger partial charge >= 0.3 is 5.97 Å². The molecule has 0 saturated heterocycles. The highest BCUT2D eigenvalue weighted by Gasteiger charge is 2.62. The Morgan fingerprint density at radius 1 is 1.25 bits per heavy atom. The van der Waals surface area contributed by atoms with Gasteiger partial charge in [0.1, 0.15) is 5.60 Å². The standard InChI is InChI=1S/C20H31NO3/c1-4-7-20(24-18(23)6-8-21-17(22)5-2)15-9-14-10-16(20)13-19(3,11-14)12-15/h5,14-16H,2,4,6-13H2,1,3H3,(H,21,22). The second-order valence-electron chi connectivity index (χ2n) is 8.58. The predicted molar refractivity (Wildman–Crippen MR) is 93.2 cm³/mol. The fourth-order valence-corrected chi connectivity index (χ4v) is 6.09. The van der Waals surface area contributed by atoms with Crippen LogP contribution in [0.1, 0.15) is 65.2 Å². The number of hydrogen-bond donors (Lipinski definition) is 1. The summed E-state index contributed by atoms with van der Waals surface area (Å²) in [6, 6.07) is 0. The molecule has 1 N–H and O–H groups in total. The minimum atomic E-state index is -0.245. The van der Waals surface area contributed by atoms with Crippen LogP contribution in [0.5, 0.6) is 0 Å². The van der Waals surface area contributed by atoms with E-state index in [-0.39, 0.29) is 23.9 Å². The molecule has 2 unspecified atom stereocenters. The molecule has 0 aromatic rings. The third-order valence-corrected chi connectivity index (χ3v) is 6.64. The first-order chi connectivity index (χ1) is 11.4. The van der Waals surface area contributed by atoms with Crippen LogP contribution in [-0.2, 0) is 14.3 Å². The van der Waals surface area contributed by atoms with Crippen molar-refractivity contribution in [2.75, 3.05) is 6.54 Å². The summed E-state index contributed by atoms with van der Waals surface area (Å²) in [5.74, 6) is 1.49. The lowest BCUT2D eigenvalue weighted by atomic mass is 9.44. The number of rotatable bonds is 7. The molecule has 0 spiro atoms. The van der Waals surface area contributed by atoms with Crippen molar-refractivity contribution < 1.29 is 14.3 Å². The molecule has 24 heavy (non-hydrogen) atoms. The van der Waals surface area contributed by atoms with Crippen LogP contribution < -0.4 is 5.32 Å². The first-order valence-electron chi connectivity index (χ1n) is 9.53. The van der Waals surface area contributed by atoms with Crippen molar-refractivity contribution >= 4 is 11.9 Å². The number of nitrogens with one attached hydrogen (secondary N) is 1. The van der Waals surface area contributed by atoms with Gasteiger partial charge in [-0.1, -0.05) is 26.8 Å². The van der Waals surface area contributed by atoms with Crippen molar-refractivity contribution in [3.05, 3.63) is 12.7 Å². The summed E-state index contributed by atoms with van der Waals surface area (Å²) in [6.45, 7) is 8.35. The zero-order valence-corrected chi connectivity index (χ0v) is 15.1. The number of carbonyl (C=O) groups excluding carboxylic acids is 2. The van der Waals surface area contributed by atoms with Crippen LogP contribution in [0.25, 0.3) is 0 Å². The van der Waals surface area contributed by atoms with E-state index in [0.717, 1.165) is 18.8 Å². The Hall–Kier alpha value is -1.32. The summed E-state index contributed by atoms with van der Waals surface area (Å²) < 4.78 is 6.20. The van der Waals surface area contributed by atoms with E-state index in [2.05, 4.69) is 25.7 Å². The molecule has 1 amide bonds. The van der Waals surface area contributed by atoms with Crippen molar-refractivity contribution in [2.45, 2.75) is 70.8 Å². The van der Waals surface area contributed by atoms with Gasteiger partial charge in [0.15, 0.2) is 0 Å². The summed E-state index contributed by atoms with van der Waals surface area (Å²) in [5.41, 5.74) is 0.225. The van der Waals surface area contributed by atoms with Gasteiger partial charge in [-0.3, -0.25) is 9.59 Å². The largest absolute Gasteiger partial charge is 0.458 e. The molecule has 4 rings (SSSR count). The highest BCUT2D eigenvalue weighted by atomic mass is 16.6. The van der Waals surface area contributed by atoms with Crippen LogP contribution in [0.3, 0.4) is 0 Å². The van der Waals surface area contributed by atoms with Crippen LogP contribution in [0.4, 0.5) is 0 Å². The normalized spacial score (nSPS) is 39.5. The molecule has 0 aromatic carbocycles. The first-order valence-corrected chi connectivity index (χ1v) is 9.53. The van der Waals surface area contributed by atoms with E-state index in [9.17, 15) is 9.59 Å². The molecule has 4 aliphatic rings. The molecule has 4 aliphatic carbocycles. The Labute approximate surface area is 145 Å². The molecular formula is C20H31NO3. The second kappa shape index (κ2) is 6.53. The van der Waals surface area contributed by atoms with Crippen LogP contribution in [0.2, 0.25) is 0 Å². The summed E-state index contributed by atoms with van der Waals surface area (Å²) in [6.07, 6.45) is 9.74. The van der Waals surface area contributed by atoms with Gasteiger partial charge < -0.3 is 10.1 Å². The van der Waals surface area contributed by atoms with Gasteiger partial charge in [-0.05, 0) is 67.8 Å². The molecule has 4 fully saturated rings. The van der Waals surface area contributed by atoms with Gasteiger partial charge in [-0.15, -0.1) is 0 Å². The lowest BCUT2D eigenvalue weighted by Crippen LogP contribution is -2.62. The number of amides is 1. The average Bonchev–Trinajstić information content (AvgIpc) is 2.51. The predicted octanol–water partition coefficient (Wildman–Crippen LogP) is 3.61. The molecular weight excluding hydrogens is 302 g/mol. The monoisotopic (exact) mass is 333 g/mol. The van der Waals surface area contributed by atoms with Gasteiger partial charge in [0.25, 0.3) is 0 Å². The fourth-order valence-electron chi connectivity index (χ4n) is 6.09. The lowest BCUT2D eigenvalue weighted by Gasteiger charge is -2.64. The number of esters is 1. The van der Waals surface area contributed by atoms with Crippen LogP contribution in [0.15, 0.2) is 12.7 Å². The van der Waals surface area contributed by atoms with Crippen molar-refractivity contribution in [2.24, 2.45) is 23.2 Å². The van der Waals surface area contributed by atoms with E-state index in [4.69, 9.17) is 4.74 Å². The van der Waals surface area contributed by atoms with E-state index in [1.54, 1.807) is 0 Å². The van der Waals surface area contributed by atoms with Crippen molar-refractivity contribution in [1.29, 1.82) is 0 Å². The van der Waals surface area contributed by atoms with Gasteiger partial charge in [-0.25, -0.2) is 0 Å². The number of ether oxygens (including phenoxy) is 1. The second-order valence-corrected chi connectivity index (χ2v) is 8.58. The minimum Gasteiger partial charge on any atom is -0.458 e. The van der Waals surface area contributed by atoms with Gasteiger partial charge in [-0.2, -0.15) is 0 Å². The van der Waals surface area contributed by atoms with Crippen molar-refractivity contribution in [1.82, 2.24) is 5.32 Å². The maximum absolute atomic E-state index is 12.5. The Balaban J connectivity index is 1.67. The van der Waals surface area contributed by atoms with E-state index in [0.29, 0.717) is 23.8 Å². The summed E-state index contributed by atoms with van der Waals surface area (Å²) in [7, 11) is 0. The van der Waals surface area contributed by atoms with Gasteiger partial charge in [0.2, 0.25) is 5.91 Å².